The summed E-state index contributed by atoms with van der Waals surface area (Å²) in [5, 5.41) is 33.4. The molecule has 0 aliphatic heterocycles. The van der Waals surface area contributed by atoms with Crippen LogP contribution in [-0.2, 0) is 6.54 Å². The molecule has 2 aromatic carbocycles. The van der Waals surface area contributed by atoms with Gasteiger partial charge >= 0.3 is 5.97 Å². The minimum Gasteiger partial charge on any atom is -0.478 e. The Morgan fingerprint density at radius 1 is 1.12 bits per heavy atom. The van der Waals surface area contributed by atoms with Gasteiger partial charge in [-0.3, -0.25) is 25.0 Å². The molecule has 0 fully saturated rings. The molecular weight excluding hydrogens is 346 g/mol. The van der Waals surface area contributed by atoms with Gasteiger partial charge in [0.25, 0.3) is 17.3 Å². The van der Waals surface area contributed by atoms with Crippen molar-refractivity contribution in [3.63, 3.8) is 0 Å². The average Bonchev–Trinajstić information content (AvgIpc) is 2.59. The van der Waals surface area contributed by atoms with Crippen molar-refractivity contribution in [3.05, 3.63) is 78.9 Å². The molecule has 2 N–H and O–H groups in total. The van der Waals surface area contributed by atoms with Crippen molar-refractivity contribution < 1.29 is 24.5 Å². The van der Waals surface area contributed by atoms with Crippen molar-refractivity contribution in [2.24, 2.45) is 0 Å². The predicted molar refractivity (Wildman–Crippen MR) is 89.1 cm³/mol. The molecule has 0 aromatic heterocycles. The van der Waals surface area contributed by atoms with Crippen LogP contribution in [0.2, 0.25) is 0 Å². The van der Waals surface area contributed by atoms with Crippen molar-refractivity contribution >= 4 is 23.3 Å². The summed E-state index contributed by atoms with van der Waals surface area (Å²) in [6.07, 6.45) is 0. The molecule has 0 radical (unpaired) electrons. The third-order valence-electron chi connectivity index (χ3n) is 3.64. The molecule has 0 atom stereocenters. The van der Waals surface area contributed by atoms with Gasteiger partial charge < -0.3 is 10.4 Å². The summed E-state index contributed by atoms with van der Waals surface area (Å²) in [4.78, 5) is 43.6. The van der Waals surface area contributed by atoms with Crippen molar-refractivity contribution in [1.82, 2.24) is 5.32 Å². The fraction of sp³-hybridized carbons (Fsp3) is 0.125. The zero-order chi connectivity index (χ0) is 19.4. The number of hydrogen-bond acceptors (Lipinski definition) is 6. The van der Waals surface area contributed by atoms with E-state index in [0.717, 1.165) is 12.1 Å². The fourth-order valence-electron chi connectivity index (χ4n) is 2.31. The third kappa shape index (κ3) is 3.98. The Morgan fingerprint density at radius 2 is 1.81 bits per heavy atom. The second-order valence-electron chi connectivity index (χ2n) is 5.34. The molecule has 1 amide bonds. The van der Waals surface area contributed by atoms with Crippen molar-refractivity contribution in [2.45, 2.75) is 13.5 Å². The van der Waals surface area contributed by atoms with E-state index < -0.39 is 33.1 Å². The number of nitro benzene ring substituents is 2. The first-order chi connectivity index (χ1) is 12.2. The number of carboxylic acids is 1. The summed E-state index contributed by atoms with van der Waals surface area (Å²) < 4.78 is 0. The first kappa shape index (κ1) is 18.5. The lowest BCUT2D eigenvalue weighted by atomic mass is 10.0. The lowest BCUT2D eigenvalue weighted by Gasteiger charge is -2.09. The molecule has 26 heavy (non-hydrogen) atoms. The number of non-ortho nitro benzene ring substituents is 1. The first-order valence-corrected chi connectivity index (χ1v) is 7.24. The van der Waals surface area contributed by atoms with E-state index in [4.69, 9.17) is 5.11 Å². The highest BCUT2D eigenvalue weighted by Gasteiger charge is 2.24. The molecule has 2 rings (SSSR count). The van der Waals surface area contributed by atoms with Gasteiger partial charge in [0, 0.05) is 18.2 Å². The van der Waals surface area contributed by atoms with Gasteiger partial charge in [-0.2, -0.15) is 0 Å². The number of amides is 1. The van der Waals surface area contributed by atoms with Gasteiger partial charge in [-0.15, -0.1) is 0 Å². The number of hydrogen-bond donors (Lipinski definition) is 2. The molecule has 10 heteroatoms. The average molecular weight is 359 g/mol. The largest absolute Gasteiger partial charge is 0.478 e. The molecule has 0 aliphatic rings. The molecule has 0 saturated heterocycles. The Bertz CT molecular complexity index is 924. The molecule has 0 spiro atoms. The Balaban J connectivity index is 2.29. The molecule has 0 aliphatic carbocycles. The monoisotopic (exact) mass is 359 g/mol. The number of carboxylic acid groups (broad SMARTS) is 1. The van der Waals surface area contributed by atoms with Gasteiger partial charge in [0.2, 0.25) is 0 Å². The van der Waals surface area contributed by atoms with Crippen LogP contribution in [0.15, 0.2) is 36.4 Å². The first-order valence-electron chi connectivity index (χ1n) is 7.24. The number of nitro groups is 2. The summed E-state index contributed by atoms with van der Waals surface area (Å²) in [6.45, 7) is 1.28. The summed E-state index contributed by atoms with van der Waals surface area (Å²) >= 11 is 0. The highest BCUT2D eigenvalue weighted by Crippen LogP contribution is 2.28. The van der Waals surface area contributed by atoms with E-state index in [1.165, 1.54) is 25.1 Å². The van der Waals surface area contributed by atoms with E-state index in [0.29, 0.717) is 5.56 Å². The van der Waals surface area contributed by atoms with E-state index >= 15 is 0 Å². The second-order valence-corrected chi connectivity index (χ2v) is 5.34. The topological polar surface area (TPSA) is 153 Å². The van der Waals surface area contributed by atoms with Gasteiger partial charge in [0.15, 0.2) is 0 Å². The maximum absolute atomic E-state index is 12.3. The summed E-state index contributed by atoms with van der Waals surface area (Å²) in [5.74, 6) is -1.86. The third-order valence-corrected chi connectivity index (χ3v) is 3.64. The number of carbonyl (C=O) groups excluding carboxylic acids is 1. The Labute approximate surface area is 146 Å². The normalized spacial score (nSPS) is 10.2. The number of nitrogens with zero attached hydrogens (tertiary/aromatic N) is 2. The van der Waals surface area contributed by atoms with Crippen LogP contribution >= 0.6 is 0 Å². The summed E-state index contributed by atoms with van der Waals surface area (Å²) in [6, 6.07) is 7.62. The SMILES string of the molecule is Cc1c(C(=O)NCc2cccc(C(=O)O)c2)cc([N+](=O)[O-])cc1[N+](=O)[O-]. The van der Waals surface area contributed by atoms with E-state index in [-0.39, 0.29) is 23.2 Å². The number of carbonyl (C=O) groups is 2. The van der Waals surface area contributed by atoms with Crippen molar-refractivity contribution in [1.29, 1.82) is 0 Å². The highest BCUT2D eigenvalue weighted by atomic mass is 16.6. The number of benzene rings is 2. The van der Waals surface area contributed by atoms with Crippen LogP contribution in [0.1, 0.15) is 31.8 Å². The summed E-state index contributed by atoms with van der Waals surface area (Å²) in [7, 11) is 0. The van der Waals surface area contributed by atoms with Crippen molar-refractivity contribution in [2.75, 3.05) is 0 Å². The van der Waals surface area contributed by atoms with Crippen LogP contribution in [0.4, 0.5) is 11.4 Å². The number of aromatic carboxylic acids is 1. The van der Waals surface area contributed by atoms with Crippen LogP contribution in [0.25, 0.3) is 0 Å². The van der Waals surface area contributed by atoms with E-state index in [1.54, 1.807) is 6.07 Å². The Morgan fingerprint density at radius 3 is 2.38 bits per heavy atom. The quantitative estimate of drug-likeness (QED) is 0.593. The minimum atomic E-state index is -1.12. The van der Waals surface area contributed by atoms with Crippen LogP contribution < -0.4 is 5.32 Å². The second kappa shape index (κ2) is 7.38. The number of nitrogens with one attached hydrogen (secondary N) is 1. The maximum atomic E-state index is 12.3. The van der Waals surface area contributed by atoms with Gasteiger partial charge in [-0.25, -0.2) is 4.79 Å². The minimum absolute atomic E-state index is 0.00242. The van der Waals surface area contributed by atoms with Crippen LogP contribution in [0.3, 0.4) is 0 Å². The summed E-state index contributed by atoms with van der Waals surface area (Å²) in [5.41, 5.74) is -0.759. The standard InChI is InChI=1S/C16H13N3O7/c1-9-13(6-12(18(23)24)7-14(9)19(25)26)15(20)17-8-10-3-2-4-11(5-10)16(21)22/h2-7H,8H2,1H3,(H,17,20)(H,21,22). The molecule has 2 aromatic rings. The molecule has 134 valence electrons. The van der Waals surface area contributed by atoms with E-state index in [9.17, 15) is 29.8 Å². The van der Waals surface area contributed by atoms with Crippen LogP contribution in [0.5, 0.6) is 0 Å². The van der Waals surface area contributed by atoms with Gasteiger partial charge in [-0.1, -0.05) is 12.1 Å². The fourth-order valence-corrected chi connectivity index (χ4v) is 2.31. The molecule has 0 unspecified atom stereocenters. The van der Waals surface area contributed by atoms with E-state index in [1.807, 2.05) is 0 Å². The Kier molecular flexibility index (Phi) is 5.26. The zero-order valence-corrected chi connectivity index (χ0v) is 13.5. The van der Waals surface area contributed by atoms with Crippen molar-refractivity contribution in [3.8, 4) is 0 Å². The lowest BCUT2D eigenvalue weighted by molar-refractivity contribution is -0.394. The van der Waals surface area contributed by atoms with E-state index in [2.05, 4.69) is 5.32 Å². The Hall–Kier alpha value is -3.82. The molecule has 0 bridgehead atoms. The molecular formula is C16H13N3O7. The molecule has 0 saturated carbocycles. The van der Waals surface area contributed by atoms with Gasteiger partial charge in [0.05, 0.1) is 27.0 Å². The predicted octanol–water partition coefficient (Wildman–Crippen LogP) is 2.44. The molecule has 10 nitrogen and oxygen atoms in total. The lowest BCUT2D eigenvalue weighted by Crippen LogP contribution is -2.24. The molecule has 0 heterocycles. The number of rotatable bonds is 6. The van der Waals surface area contributed by atoms with Gasteiger partial charge in [0.1, 0.15) is 0 Å². The maximum Gasteiger partial charge on any atom is 0.335 e. The van der Waals surface area contributed by atoms with Crippen LogP contribution in [-0.4, -0.2) is 26.8 Å². The smallest absolute Gasteiger partial charge is 0.335 e. The van der Waals surface area contributed by atoms with Gasteiger partial charge in [-0.05, 0) is 24.6 Å². The zero-order valence-electron chi connectivity index (χ0n) is 13.5. The van der Waals surface area contributed by atoms with Crippen LogP contribution in [0, 0.1) is 27.2 Å². The highest BCUT2D eigenvalue weighted by molar-refractivity contribution is 5.97.